The van der Waals surface area contributed by atoms with E-state index >= 15 is 0 Å². The van der Waals surface area contributed by atoms with Crippen LogP contribution in [0.15, 0.2) is 12.1 Å². The first kappa shape index (κ1) is 29.8. The van der Waals surface area contributed by atoms with Crippen molar-refractivity contribution < 1.29 is 37.4 Å². The summed E-state index contributed by atoms with van der Waals surface area (Å²) in [6.45, 7) is 1.93. The van der Waals surface area contributed by atoms with E-state index in [4.69, 9.17) is 9.84 Å². The molecule has 12 nitrogen and oxygen atoms in total. The van der Waals surface area contributed by atoms with Crippen LogP contribution in [0.1, 0.15) is 52.1 Å². The molecule has 0 aromatic carbocycles. The zero-order chi connectivity index (χ0) is 30.1. The number of halogens is 3. The molecule has 41 heavy (non-hydrogen) atoms. The fourth-order valence-corrected chi connectivity index (χ4v) is 4.92. The van der Waals surface area contributed by atoms with Crippen molar-refractivity contribution in [1.82, 2.24) is 29.5 Å². The number of likely N-dealkylation sites (tertiary alicyclic amines) is 1. The summed E-state index contributed by atoms with van der Waals surface area (Å²) in [5.74, 6) is -1.87. The summed E-state index contributed by atoms with van der Waals surface area (Å²) in [6.07, 6.45) is -3.48. The molecule has 1 fully saturated rings. The Labute approximate surface area is 233 Å². The molecule has 0 unspecified atom stereocenters. The molecule has 0 atom stereocenters. The zero-order valence-electron chi connectivity index (χ0n) is 23.1. The summed E-state index contributed by atoms with van der Waals surface area (Å²) in [6, 6.07) is 2.71. The minimum Gasteiger partial charge on any atom is -0.481 e. The number of anilines is 1. The number of amides is 3. The van der Waals surface area contributed by atoms with Gasteiger partial charge in [0, 0.05) is 33.2 Å². The number of aryl methyl sites for hydroxylation is 4. The number of hydrogen-bond acceptors (Lipinski definition) is 7. The van der Waals surface area contributed by atoms with Gasteiger partial charge in [-0.3, -0.25) is 19.1 Å². The van der Waals surface area contributed by atoms with Crippen LogP contribution in [0.4, 0.5) is 18.9 Å². The Morgan fingerprint density at radius 2 is 1.83 bits per heavy atom. The molecule has 3 amide bonds. The summed E-state index contributed by atoms with van der Waals surface area (Å²) >= 11 is 0. The zero-order valence-corrected chi connectivity index (χ0v) is 23.1. The highest BCUT2D eigenvalue weighted by Gasteiger charge is 2.33. The number of aliphatic hydroxyl groups excluding tert-OH is 1. The smallest absolute Gasteiger partial charge is 0.422 e. The van der Waals surface area contributed by atoms with Crippen molar-refractivity contribution in [3.8, 4) is 5.75 Å². The Kier molecular flexibility index (Phi) is 8.56. The van der Waals surface area contributed by atoms with Crippen molar-refractivity contribution in [2.75, 3.05) is 31.6 Å². The SMILES string of the molecule is CCc1nc2c(cc1NC(=O)c1cc(C)nn1C)c(OCC(F)(F)F)c(C(=O)NC1CCN(C(=O)CO)CC1)n2C. The summed E-state index contributed by atoms with van der Waals surface area (Å²) in [5.41, 5.74) is 1.69. The number of aromatic nitrogens is 4. The van der Waals surface area contributed by atoms with Crippen molar-refractivity contribution in [2.45, 2.75) is 45.3 Å². The van der Waals surface area contributed by atoms with Crippen molar-refractivity contribution in [3.05, 3.63) is 34.9 Å². The van der Waals surface area contributed by atoms with Gasteiger partial charge in [-0.05, 0) is 38.3 Å². The Bertz CT molecular complexity index is 1470. The van der Waals surface area contributed by atoms with Gasteiger partial charge >= 0.3 is 6.18 Å². The van der Waals surface area contributed by atoms with Crippen molar-refractivity contribution in [2.24, 2.45) is 14.1 Å². The first-order valence-electron chi connectivity index (χ1n) is 13.1. The molecule has 4 rings (SSSR count). The number of nitrogens with zero attached hydrogens (tertiary/aromatic N) is 5. The lowest BCUT2D eigenvalue weighted by molar-refractivity contribution is -0.153. The second-order valence-electron chi connectivity index (χ2n) is 9.88. The number of aliphatic hydroxyl groups is 1. The van der Waals surface area contributed by atoms with Gasteiger partial charge in [-0.15, -0.1) is 0 Å². The fourth-order valence-electron chi connectivity index (χ4n) is 4.92. The molecule has 3 aromatic heterocycles. The third kappa shape index (κ3) is 6.45. The first-order chi connectivity index (χ1) is 19.3. The molecule has 3 N–H and O–H groups in total. The number of hydrogen-bond donors (Lipinski definition) is 3. The van der Waals surface area contributed by atoms with E-state index < -0.39 is 37.1 Å². The topological polar surface area (TPSA) is 144 Å². The Morgan fingerprint density at radius 1 is 1.15 bits per heavy atom. The van der Waals surface area contributed by atoms with Crippen molar-refractivity contribution in [1.29, 1.82) is 0 Å². The van der Waals surface area contributed by atoms with Crippen LogP contribution >= 0.6 is 0 Å². The highest BCUT2D eigenvalue weighted by Crippen LogP contribution is 2.36. The molecule has 0 spiro atoms. The van der Waals surface area contributed by atoms with Crippen LogP contribution in [0.5, 0.6) is 5.75 Å². The second-order valence-corrected chi connectivity index (χ2v) is 9.88. The maximum absolute atomic E-state index is 13.4. The molecule has 0 radical (unpaired) electrons. The quantitative estimate of drug-likeness (QED) is 0.371. The minimum atomic E-state index is -4.67. The molecule has 1 aliphatic heterocycles. The number of piperidine rings is 1. The van der Waals surface area contributed by atoms with E-state index in [9.17, 15) is 27.6 Å². The lowest BCUT2D eigenvalue weighted by Crippen LogP contribution is -2.47. The molecule has 0 bridgehead atoms. The second kappa shape index (κ2) is 11.8. The van der Waals surface area contributed by atoms with Gasteiger partial charge < -0.3 is 29.9 Å². The van der Waals surface area contributed by atoms with E-state index in [1.165, 1.54) is 27.3 Å². The number of carbonyl (C=O) groups is 3. The van der Waals surface area contributed by atoms with Gasteiger partial charge in [-0.25, -0.2) is 4.98 Å². The van der Waals surface area contributed by atoms with E-state index in [2.05, 4.69) is 20.7 Å². The van der Waals surface area contributed by atoms with Crippen LogP contribution in [0.25, 0.3) is 11.0 Å². The van der Waals surface area contributed by atoms with Crippen LogP contribution in [-0.2, 0) is 25.3 Å². The molecule has 222 valence electrons. The predicted octanol–water partition coefficient (Wildman–Crippen LogP) is 2.08. The summed E-state index contributed by atoms with van der Waals surface area (Å²) in [4.78, 5) is 44.2. The average molecular weight is 580 g/mol. The summed E-state index contributed by atoms with van der Waals surface area (Å²) in [7, 11) is 3.12. The lowest BCUT2D eigenvalue weighted by atomic mass is 10.0. The highest BCUT2D eigenvalue weighted by molar-refractivity contribution is 6.07. The minimum absolute atomic E-state index is 0.124. The van der Waals surface area contributed by atoms with Crippen LogP contribution in [0, 0.1) is 6.92 Å². The van der Waals surface area contributed by atoms with Crippen molar-refractivity contribution >= 4 is 34.4 Å². The van der Waals surface area contributed by atoms with E-state index in [0.29, 0.717) is 43.7 Å². The number of fused-ring (bicyclic) bond motifs is 1. The van der Waals surface area contributed by atoms with Crippen LogP contribution in [0.2, 0.25) is 0 Å². The molecule has 1 aliphatic rings. The molecular formula is C26H32F3N7O5. The Morgan fingerprint density at radius 3 is 2.39 bits per heavy atom. The first-order valence-corrected chi connectivity index (χ1v) is 13.1. The van der Waals surface area contributed by atoms with Crippen LogP contribution in [-0.4, -0.2) is 85.6 Å². The molecular weight excluding hydrogens is 547 g/mol. The molecule has 1 saturated heterocycles. The molecule has 15 heteroatoms. The molecule has 3 aromatic rings. The van der Waals surface area contributed by atoms with Gasteiger partial charge in [-0.2, -0.15) is 18.3 Å². The van der Waals surface area contributed by atoms with E-state index in [0.717, 1.165) is 0 Å². The lowest BCUT2D eigenvalue weighted by Gasteiger charge is -2.32. The third-order valence-corrected chi connectivity index (χ3v) is 6.93. The monoisotopic (exact) mass is 579 g/mol. The van der Waals surface area contributed by atoms with E-state index in [-0.39, 0.29) is 39.9 Å². The molecule has 4 heterocycles. The maximum atomic E-state index is 13.4. The van der Waals surface area contributed by atoms with Crippen LogP contribution < -0.4 is 15.4 Å². The number of alkyl halides is 3. The Hall–Kier alpha value is -4.14. The fraction of sp³-hybridized carbons (Fsp3) is 0.500. The van der Waals surface area contributed by atoms with E-state index in [1.54, 1.807) is 20.0 Å². The van der Waals surface area contributed by atoms with Gasteiger partial charge in [0.2, 0.25) is 5.91 Å². The van der Waals surface area contributed by atoms with Gasteiger partial charge in [0.1, 0.15) is 17.9 Å². The third-order valence-electron chi connectivity index (χ3n) is 6.93. The summed E-state index contributed by atoms with van der Waals surface area (Å²) in [5, 5.41) is 19.0. The van der Waals surface area contributed by atoms with Crippen LogP contribution in [0.3, 0.4) is 0 Å². The molecule has 0 aliphatic carbocycles. The van der Waals surface area contributed by atoms with Gasteiger partial charge in [0.15, 0.2) is 18.1 Å². The van der Waals surface area contributed by atoms with E-state index in [1.807, 2.05) is 6.92 Å². The van der Waals surface area contributed by atoms with Gasteiger partial charge in [0.05, 0.1) is 22.5 Å². The van der Waals surface area contributed by atoms with Crippen molar-refractivity contribution in [3.63, 3.8) is 0 Å². The van der Waals surface area contributed by atoms with Gasteiger partial charge in [0.25, 0.3) is 11.8 Å². The largest absolute Gasteiger partial charge is 0.481 e. The number of carbonyl (C=O) groups excluding carboxylic acids is 3. The number of rotatable bonds is 8. The standard InChI is InChI=1S/C26H32F3N7O5/c1-5-17-18(32-24(39)19-10-14(2)33-35(19)4)11-16-22(41-13-26(27,28)29)21(34(3)23(16)31-17)25(40)30-15-6-8-36(9-7-15)20(38)12-37/h10-11,15,37H,5-9,12-13H2,1-4H3,(H,30,40)(H,32,39). The normalized spacial score (nSPS) is 14.4. The average Bonchev–Trinajstić information content (AvgIpc) is 3.40. The summed E-state index contributed by atoms with van der Waals surface area (Å²) < 4.78 is 47.6. The van der Waals surface area contributed by atoms with Gasteiger partial charge in [-0.1, -0.05) is 6.92 Å². The number of nitrogens with one attached hydrogen (secondary N) is 2. The molecule has 0 saturated carbocycles. The number of ether oxygens (including phenoxy) is 1. The maximum Gasteiger partial charge on any atom is 0.422 e. The predicted molar refractivity (Wildman–Crippen MR) is 142 cm³/mol. The Balaban J connectivity index is 1.70. The highest BCUT2D eigenvalue weighted by atomic mass is 19.4. The number of pyridine rings is 1.